The summed E-state index contributed by atoms with van der Waals surface area (Å²) in [6.07, 6.45) is 0.0394. The van der Waals surface area contributed by atoms with Gasteiger partial charge in [0, 0.05) is 19.2 Å². The monoisotopic (exact) mass is 351 g/mol. The number of morpholine rings is 1. The highest BCUT2D eigenvalue weighted by Crippen LogP contribution is 2.33. The first-order chi connectivity index (χ1) is 9.86. The van der Waals surface area contributed by atoms with Gasteiger partial charge in [-0.1, -0.05) is 34.8 Å². The summed E-state index contributed by atoms with van der Waals surface area (Å²) in [4.78, 5) is 13.9. The Hall–Kier alpha value is -0.680. The maximum atomic E-state index is 12.2. The molecule has 21 heavy (non-hydrogen) atoms. The van der Waals surface area contributed by atoms with E-state index in [9.17, 15) is 4.79 Å². The van der Waals surface area contributed by atoms with E-state index in [1.165, 1.54) is 12.1 Å². The molecule has 1 aliphatic heterocycles. The Bertz CT molecular complexity index is 528. The van der Waals surface area contributed by atoms with Crippen LogP contribution in [0.15, 0.2) is 12.1 Å². The lowest BCUT2D eigenvalue weighted by molar-refractivity contribution is -0.145. The molecule has 0 spiro atoms. The van der Waals surface area contributed by atoms with Gasteiger partial charge in [0.05, 0.1) is 27.3 Å². The van der Waals surface area contributed by atoms with E-state index in [1.807, 2.05) is 13.8 Å². The Morgan fingerprint density at radius 2 is 1.76 bits per heavy atom. The van der Waals surface area contributed by atoms with Gasteiger partial charge in [-0.25, -0.2) is 0 Å². The van der Waals surface area contributed by atoms with Gasteiger partial charge in [0.2, 0.25) is 0 Å². The van der Waals surface area contributed by atoms with Gasteiger partial charge in [-0.15, -0.1) is 0 Å². The number of nitrogens with zero attached hydrogens (tertiary/aromatic N) is 1. The molecule has 2 rings (SSSR count). The van der Waals surface area contributed by atoms with Gasteiger partial charge in [-0.2, -0.15) is 0 Å². The Labute approximate surface area is 138 Å². The number of rotatable bonds is 3. The maximum Gasteiger partial charge on any atom is 0.260 e. The number of carbonyl (C=O) groups excluding carboxylic acids is 1. The van der Waals surface area contributed by atoms with Crippen molar-refractivity contribution in [3.8, 4) is 5.75 Å². The molecule has 0 saturated carbocycles. The van der Waals surface area contributed by atoms with Gasteiger partial charge in [0.25, 0.3) is 5.91 Å². The van der Waals surface area contributed by atoms with Gasteiger partial charge >= 0.3 is 0 Å². The lowest BCUT2D eigenvalue weighted by atomic mass is 10.2. The average molecular weight is 353 g/mol. The van der Waals surface area contributed by atoms with Crippen molar-refractivity contribution in [3.05, 3.63) is 27.2 Å². The molecule has 1 aromatic rings. The van der Waals surface area contributed by atoms with Crippen LogP contribution in [0.5, 0.6) is 5.75 Å². The van der Waals surface area contributed by atoms with E-state index in [0.29, 0.717) is 33.9 Å². The summed E-state index contributed by atoms with van der Waals surface area (Å²) in [5.74, 6) is 0.230. The molecule has 0 N–H and O–H groups in total. The third-order valence-electron chi connectivity index (χ3n) is 3.10. The molecule has 1 saturated heterocycles. The summed E-state index contributed by atoms with van der Waals surface area (Å²) in [7, 11) is 0. The van der Waals surface area contributed by atoms with Crippen LogP contribution in [0.4, 0.5) is 0 Å². The molecule has 4 nitrogen and oxygen atoms in total. The van der Waals surface area contributed by atoms with Crippen molar-refractivity contribution in [2.75, 3.05) is 19.7 Å². The summed E-state index contributed by atoms with van der Waals surface area (Å²) in [6, 6.07) is 2.99. The van der Waals surface area contributed by atoms with Crippen LogP contribution >= 0.6 is 34.8 Å². The molecule has 1 fully saturated rings. The highest BCUT2D eigenvalue weighted by molar-refractivity contribution is 6.43. The van der Waals surface area contributed by atoms with E-state index in [0.717, 1.165) is 0 Å². The van der Waals surface area contributed by atoms with Crippen molar-refractivity contribution in [2.45, 2.75) is 26.1 Å². The zero-order valence-corrected chi connectivity index (χ0v) is 14.0. The molecule has 7 heteroatoms. The van der Waals surface area contributed by atoms with Crippen LogP contribution in [0.3, 0.4) is 0 Å². The number of halogens is 3. The summed E-state index contributed by atoms with van der Waals surface area (Å²) >= 11 is 17.8. The fraction of sp³-hybridized carbons (Fsp3) is 0.500. The second-order valence-corrected chi connectivity index (χ2v) is 6.26. The van der Waals surface area contributed by atoms with Gasteiger partial charge in [0.1, 0.15) is 5.75 Å². The highest BCUT2D eigenvalue weighted by atomic mass is 35.5. The van der Waals surface area contributed by atoms with Crippen LogP contribution in [0.2, 0.25) is 15.1 Å². The van der Waals surface area contributed by atoms with Crippen molar-refractivity contribution in [3.63, 3.8) is 0 Å². The molecular weight excluding hydrogens is 337 g/mol. The third-order valence-corrected chi connectivity index (χ3v) is 4.12. The Morgan fingerprint density at radius 3 is 2.38 bits per heavy atom. The van der Waals surface area contributed by atoms with Crippen LogP contribution in [0, 0.1) is 0 Å². The smallest absolute Gasteiger partial charge is 0.260 e. The summed E-state index contributed by atoms with van der Waals surface area (Å²) < 4.78 is 11.0. The van der Waals surface area contributed by atoms with Crippen molar-refractivity contribution >= 4 is 40.7 Å². The minimum absolute atomic E-state index is 0.0197. The lowest BCUT2D eigenvalue weighted by Crippen LogP contribution is -2.49. The van der Waals surface area contributed by atoms with Crippen LogP contribution in [-0.4, -0.2) is 42.7 Å². The fourth-order valence-electron chi connectivity index (χ4n) is 2.23. The molecule has 0 unspecified atom stereocenters. The van der Waals surface area contributed by atoms with E-state index in [4.69, 9.17) is 44.3 Å². The molecule has 2 atom stereocenters. The lowest BCUT2D eigenvalue weighted by Gasteiger charge is -2.35. The second-order valence-electron chi connectivity index (χ2n) is 5.04. The number of carbonyl (C=O) groups is 1. The second kappa shape index (κ2) is 7.05. The minimum Gasteiger partial charge on any atom is -0.482 e. The zero-order valence-electron chi connectivity index (χ0n) is 11.7. The topological polar surface area (TPSA) is 38.8 Å². The van der Waals surface area contributed by atoms with E-state index >= 15 is 0 Å². The van der Waals surface area contributed by atoms with E-state index in [2.05, 4.69) is 0 Å². The number of hydrogen-bond donors (Lipinski definition) is 0. The minimum atomic E-state index is -0.112. The summed E-state index contributed by atoms with van der Waals surface area (Å²) in [5.41, 5.74) is 0. The molecule has 1 aromatic carbocycles. The zero-order chi connectivity index (χ0) is 15.6. The molecule has 1 heterocycles. The van der Waals surface area contributed by atoms with E-state index in [1.54, 1.807) is 4.90 Å². The van der Waals surface area contributed by atoms with Crippen molar-refractivity contribution in [2.24, 2.45) is 0 Å². The SMILES string of the molecule is C[C@@H]1CN(C(=O)COc2cc(Cl)c(Cl)cc2Cl)C[C@H](C)O1. The number of benzene rings is 1. The molecule has 1 aliphatic rings. The predicted molar refractivity (Wildman–Crippen MR) is 83.6 cm³/mol. The molecule has 0 aromatic heterocycles. The summed E-state index contributed by atoms with van der Waals surface area (Å²) in [6.45, 7) is 4.89. The first-order valence-electron chi connectivity index (χ1n) is 6.57. The van der Waals surface area contributed by atoms with Gasteiger partial charge < -0.3 is 14.4 Å². The Kier molecular flexibility index (Phi) is 5.60. The number of amides is 1. The van der Waals surface area contributed by atoms with Crippen LogP contribution in [-0.2, 0) is 9.53 Å². The first kappa shape index (κ1) is 16.7. The third kappa shape index (κ3) is 4.39. The fourth-order valence-corrected chi connectivity index (χ4v) is 2.82. The number of hydrogen-bond acceptors (Lipinski definition) is 3. The maximum absolute atomic E-state index is 12.2. The van der Waals surface area contributed by atoms with Crippen LogP contribution in [0.1, 0.15) is 13.8 Å². The normalized spacial score (nSPS) is 22.2. The first-order valence-corrected chi connectivity index (χ1v) is 7.70. The van der Waals surface area contributed by atoms with Gasteiger partial charge in [-0.05, 0) is 19.9 Å². The Morgan fingerprint density at radius 1 is 1.19 bits per heavy atom. The van der Waals surface area contributed by atoms with E-state index < -0.39 is 0 Å². The van der Waals surface area contributed by atoms with Crippen molar-refractivity contribution < 1.29 is 14.3 Å². The van der Waals surface area contributed by atoms with Crippen LogP contribution in [0.25, 0.3) is 0 Å². The molecule has 0 aliphatic carbocycles. The van der Waals surface area contributed by atoms with Crippen molar-refractivity contribution in [1.82, 2.24) is 4.90 Å². The van der Waals surface area contributed by atoms with Crippen molar-refractivity contribution in [1.29, 1.82) is 0 Å². The largest absolute Gasteiger partial charge is 0.482 e. The summed E-state index contributed by atoms with van der Waals surface area (Å²) in [5, 5.41) is 0.995. The predicted octanol–water partition coefficient (Wildman–Crippen LogP) is 3.66. The number of ether oxygens (including phenoxy) is 2. The Balaban J connectivity index is 1.96. The molecule has 0 radical (unpaired) electrons. The molecular formula is C14H16Cl3NO3. The van der Waals surface area contributed by atoms with Gasteiger partial charge in [-0.3, -0.25) is 4.79 Å². The quantitative estimate of drug-likeness (QED) is 0.779. The van der Waals surface area contributed by atoms with Crippen LogP contribution < -0.4 is 4.74 Å². The molecule has 1 amide bonds. The average Bonchev–Trinajstić information content (AvgIpc) is 2.40. The van der Waals surface area contributed by atoms with Gasteiger partial charge in [0.15, 0.2) is 6.61 Å². The standard InChI is InChI=1S/C14H16Cl3NO3/c1-8-5-18(6-9(2)21-8)14(19)7-20-13-4-11(16)10(15)3-12(13)17/h3-4,8-9H,5-7H2,1-2H3/t8-,9+. The van der Waals surface area contributed by atoms with E-state index in [-0.39, 0.29) is 24.7 Å². The molecule has 0 bridgehead atoms. The highest BCUT2D eigenvalue weighted by Gasteiger charge is 2.26. The molecule has 116 valence electrons.